The van der Waals surface area contributed by atoms with Gasteiger partial charge in [-0.05, 0) is 35.4 Å². The molecule has 0 bridgehead atoms. The van der Waals surface area contributed by atoms with Crippen LogP contribution < -0.4 is 14.2 Å². The third-order valence-electron chi connectivity index (χ3n) is 6.22. The van der Waals surface area contributed by atoms with Gasteiger partial charge >= 0.3 is 0 Å². The smallest absolute Gasteiger partial charge is 0.174 e. The van der Waals surface area contributed by atoms with Crippen LogP contribution in [0, 0.1) is 0 Å². The first-order chi connectivity index (χ1) is 16.3. The predicted octanol–water partition coefficient (Wildman–Crippen LogP) is 3.43. The zero-order valence-corrected chi connectivity index (χ0v) is 18.1. The number of carbonyl (C=O) groups excluding carboxylic acids is 1. The van der Waals surface area contributed by atoms with E-state index in [2.05, 4.69) is 0 Å². The molecular weight excluding hydrogens is 444 g/mol. The maximum atomic E-state index is 12.7. The van der Waals surface area contributed by atoms with E-state index in [-0.39, 0.29) is 64.6 Å². The Morgan fingerprint density at radius 1 is 0.941 bits per heavy atom. The molecule has 0 saturated heterocycles. The number of aliphatic hydroxyl groups excluding tert-OH is 1. The summed E-state index contributed by atoms with van der Waals surface area (Å²) in [5.41, 5.74) is 1.64. The van der Waals surface area contributed by atoms with Crippen molar-refractivity contribution >= 4 is 5.78 Å². The number of hydrogen-bond acceptors (Lipinski definition) is 9. The number of hydrogen-bond donors (Lipinski definition) is 5. The van der Waals surface area contributed by atoms with Crippen LogP contribution >= 0.6 is 0 Å². The van der Waals surface area contributed by atoms with Crippen molar-refractivity contribution in [1.82, 2.24) is 0 Å². The lowest BCUT2D eigenvalue weighted by Gasteiger charge is -2.26. The van der Waals surface area contributed by atoms with Gasteiger partial charge in [0.25, 0.3) is 0 Å². The van der Waals surface area contributed by atoms with E-state index in [1.165, 1.54) is 25.3 Å². The van der Waals surface area contributed by atoms with Gasteiger partial charge in [-0.15, -0.1) is 0 Å². The first kappa shape index (κ1) is 21.7. The molecule has 2 aliphatic heterocycles. The normalized spacial score (nSPS) is 20.8. The summed E-state index contributed by atoms with van der Waals surface area (Å²) in [7, 11) is 1.42. The molecule has 34 heavy (non-hydrogen) atoms. The number of Topliss-reactive ketones (excluding diaryl/α,β-unsaturated/α-hetero) is 1. The van der Waals surface area contributed by atoms with Crippen LogP contribution in [-0.2, 0) is 0 Å². The minimum Gasteiger partial charge on any atom is -0.508 e. The number of rotatable bonds is 4. The van der Waals surface area contributed by atoms with Gasteiger partial charge in [0.2, 0.25) is 0 Å². The molecule has 3 atom stereocenters. The highest BCUT2D eigenvalue weighted by Gasteiger charge is 2.39. The second-order valence-electron chi connectivity index (χ2n) is 8.29. The molecule has 9 heteroatoms. The molecule has 0 spiro atoms. The number of aliphatic hydroxyl groups is 1. The van der Waals surface area contributed by atoms with Crippen LogP contribution in [0.4, 0.5) is 0 Å². The summed E-state index contributed by atoms with van der Waals surface area (Å²) in [6.07, 6.45) is -1.53. The molecule has 0 fully saturated rings. The van der Waals surface area contributed by atoms with E-state index >= 15 is 0 Å². The number of benzene rings is 3. The van der Waals surface area contributed by atoms with Crippen LogP contribution in [0.1, 0.15) is 51.6 Å². The Morgan fingerprint density at radius 3 is 2.47 bits per heavy atom. The van der Waals surface area contributed by atoms with E-state index in [1.807, 2.05) is 0 Å². The molecule has 0 aromatic heterocycles. The van der Waals surface area contributed by atoms with E-state index in [9.17, 15) is 30.3 Å². The molecule has 5 rings (SSSR count). The lowest BCUT2D eigenvalue weighted by Crippen LogP contribution is -2.20. The SMILES string of the molecule is COc1cc([C@@H]2Oc3c(O)cc([C@@H]4CC(=O)c5c(O)cc(O)cc5O4)cc3[C@H]2CO)ccc1O. The average molecular weight is 466 g/mol. The summed E-state index contributed by atoms with van der Waals surface area (Å²) >= 11 is 0. The van der Waals surface area contributed by atoms with Gasteiger partial charge in [-0.2, -0.15) is 0 Å². The van der Waals surface area contributed by atoms with Gasteiger partial charge in [-0.1, -0.05) is 6.07 Å². The minimum absolute atomic E-state index is 0.00246. The summed E-state index contributed by atoms with van der Waals surface area (Å²) in [5.74, 6) is -1.25. The molecule has 0 saturated carbocycles. The monoisotopic (exact) mass is 466 g/mol. The first-order valence-corrected chi connectivity index (χ1v) is 10.6. The van der Waals surface area contributed by atoms with Crippen LogP contribution in [0.5, 0.6) is 40.2 Å². The second-order valence-corrected chi connectivity index (χ2v) is 8.29. The number of carbonyl (C=O) groups is 1. The third kappa shape index (κ3) is 3.41. The number of ketones is 1. The molecule has 2 heterocycles. The van der Waals surface area contributed by atoms with Gasteiger partial charge in [-0.3, -0.25) is 4.79 Å². The molecule has 0 aliphatic carbocycles. The van der Waals surface area contributed by atoms with Gasteiger partial charge in [-0.25, -0.2) is 0 Å². The zero-order valence-electron chi connectivity index (χ0n) is 18.1. The van der Waals surface area contributed by atoms with Gasteiger partial charge in [0.05, 0.1) is 26.1 Å². The fourth-order valence-electron chi connectivity index (χ4n) is 4.60. The Balaban J connectivity index is 1.51. The Kier molecular flexibility index (Phi) is 5.13. The summed E-state index contributed by atoms with van der Waals surface area (Å²) in [4.78, 5) is 12.7. The van der Waals surface area contributed by atoms with Crippen molar-refractivity contribution in [2.75, 3.05) is 13.7 Å². The van der Waals surface area contributed by atoms with E-state index in [4.69, 9.17) is 14.2 Å². The van der Waals surface area contributed by atoms with Gasteiger partial charge in [0.1, 0.15) is 35.0 Å². The number of phenols is 4. The van der Waals surface area contributed by atoms with Crippen molar-refractivity contribution in [2.45, 2.75) is 24.5 Å². The number of phenolic OH excluding ortho intramolecular Hbond substituents is 4. The number of fused-ring (bicyclic) bond motifs is 2. The number of methoxy groups -OCH3 is 1. The molecule has 3 aromatic carbocycles. The fraction of sp³-hybridized carbons (Fsp3) is 0.240. The van der Waals surface area contributed by atoms with E-state index in [0.29, 0.717) is 16.7 Å². The van der Waals surface area contributed by atoms with Crippen LogP contribution in [-0.4, -0.2) is 45.0 Å². The topological polar surface area (TPSA) is 146 Å². The average Bonchev–Trinajstić information content (AvgIpc) is 3.17. The molecule has 3 aromatic rings. The number of ether oxygens (including phenoxy) is 3. The second kappa shape index (κ2) is 8.03. The van der Waals surface area contributed by atoms with Crippen molar-refractivity contribution in [3.05, 3.63) is 64.7 Å². The lowest BCUT2D eigenvalue weighted by molar-refractivity contribution is 0.0844. The molecule has 0 amide bonds. The third-order valence-corrected chi connectivity index (χ3v) is 6.22. The van der Waals surface area contributed by atoms with Crippen molar-refractivity contribution in [3.8, 4) is 40.2 Å². The molecule has 5 N–H and O–H groups in total. The number of aromatic hydroxyl groups is 4. The molecular formula is C25H22O9. The highest BCUT2D eigenvalue weighted by atomic mass is 16.5. The Labute approximate surface area is 194 Å². The summed E-state index contributed by atoms with van der Waals surface area (Å²) in [6.45, 7) is -0.293. The fourth-order valence-corrected chi connectivity index (χ4v) is 4.60. The van der Waals surface area contributed by atoms with E-state index in [0.717, 1.165) is 6.07 Å². The minimum atomic E-state index is -0.787. The highest BCUT2D eigenvalue weighted by molar-refractivity contribution is 6.02. The molecule has 2 aliphatic rings. The van der Waals surface area contributed by atoms with Crippen LogP contribution in [0.2, 0.25) is 0 Å². The quantitative estimate of drug-likeness (QED) is 0.390. The Bertz CT molecular complexity index is 1300. The van der Waals surface area contributed by atoms with Gasteiger partial charge < -0.3 is 39.7 Å². The van der Waals surface area contributed by atoms with Crippen LogP contribution in [0.3, 0.4) is 0 Å². The molecule has 0 radical (unpaired) electrons. The Morgan fingerprint density at radius 2 is 1.74 bits per heavy atom. The van der Waals surface area contributed by atoms with E-state index in [1.54, 1.807) is 18.2 Å². The Hall–Kier alpha value is -4.11. The lowest BCUT2D eigenvalue weighted by atomic mass is 9.88. The molecule has 9 nitrogen and oxygen atoms in total. The zero-order chi connectivity index (χ0) is 24.1. The van der Waals surface area contributed by atoms with Crippen LogP contribution in [0.25, 0.3) is 0 Å². The van der Waals surface area contributed by atoms with E-state index < -0.39 is 18.1 Å². The maximum absolute atomic E-state index is 12.7. The standard InChI is InChI=1S/C25H22O9/c1-32-21-6-11(2-3-16(21)28)24-15(10-26)14-4-12(5-19(31)25(14)34-24)20-9-18(30)23-17(29)7-13(27)8-22(23)33-20/h2-8,15,20,24,26-29,31H,9-10H2,1H3/t15-,20+,24+/m1/s1. The largest absolute Gasteiger partial charge is 0.508 e. The van der Waals surface area contributed by atoms with Crippen molar-refractivity contribution in [2.24, 2.45) is 0 Å². The maximum Gasteiger partial charge on any atom is 0.174 e. The van der Waals surface area contributed by atoms with Crippen molar-refractivity contribution in [3.63, 3.8) is 0 Å². The highest BCUT2D eigenvalue weighted by Crippen LogP contribution is 2.52. The summed E-state index contributed by atoms with van der Waals surface area (Å²) in [5, 5.41) is 50.6. The molecule has 176 valence electrons. The summed E-state index contributed by atoms with van der Waals surface area (Å²) < 4.78 is 17.1. The van der Waals surface area contributed by atoms with Gasteiger partial charge in [0, 0.05) is 17.7 Å². The first-order valence-electron chi connectivity index (χ1n) is 10.6. The van der Waals surface area contributed by atoms with Crippen molar-refractivity contribution in [1.29, 1.82) is 0 Å². The van der Waals surface area contributed by atoms with Crippen molar-refractivity contribution < 1.29 is 44.5 Å². The van der Waals surface area contributed by atoms with Crippen LogP contribution in [0.15, 0.2) is 42.5 Å². The van der Waals surface area contributed by atoms with Gasteiger partial charge in [0.15, 0.2) is 28.8 Å². The predicted molar refractivity (Wildman–Crippen MR) is 118 cm³/mol. The summed E-state index contributed by atoms with van der Waals surface area (Å²) in [6, 6.07) is 10.2. The molecule has 0 unspecified atom stereocenters.